The third-order valence-electron chi connectivity index (χ3n) is 5.00. The van der Waals surface area contributed by atoms with Crippen molar-refractivity contribution in [3.05, 3.63) is 60.2 Å². The van der Waals surface area contributed by atoms with Gasteiger partial charge < -0.3 is 14.5 Å². The van der Waals surface area contributed by atoms with E-state index in [1.807, 2.05) is 49.1 Å². The molecule has 0 N–H and O–H groups in total. The summed E-state index contributed by atoms with van der Waals surface area (Å²) in [5.41, 5.74) is 1.55. The van der Waals surface area contributed by atoms with Gasteiger partial charge in [-0.2, -0.15) is 0 Å². The van der Waals surface area contributed by atoms with Gasteiger partial charge in [-0.05, 0) is 32.0 Å². The molecule has 1 aliphatic rings. The minimum absolute atomic E-state index is 0.157. The highest BCUT2D eigenvalue weighted by molar-refractivity contribution is 5.88. The summed E-state index contributed by atoms with van der Waals surface area (Å²) in [7, 11) is 1.65. The Balaban J connectivity index is 1.71. The molecule has 0 bridgehead atoms. The van der Waals surface area contributed by atoms with E-state index in [0.717, 1.165) is 37.5 Å². The first-order valence-corrected chi connectivity index (χ1v) is 8.77. The largest absolute Gasteiger partial charge is 0.496 e. The number of amides is 1. The van der Waals surface area contributed by atoms with Gasteiger partial charge in [-0.1, -0.05) is 36.4 Å². The van der Waals surface area contributed by atoms with Crippen LogP contribution in [-0.4, -0.2) is 44.1 Å². The monoisotopic (exact) mass is 338 g/mol. The lowest BCUT2D eigenvalue weighted by molar-refractivity contribution is -0.136. The van der Waals surface area contributed by atoms with Crippen molar-refractivity contribution in [2.24, 2.45) is 0 Å². The molecule has 2 aromatic rings. The van der Waals surface area contributed by atoms with Crippen LogP contribution in [0.15, 0.2) is 54.6 Å². The molecule has 1 amide bonds. The number of piperazine rings is 1. The molecule has 0 aliphatic carbocycles. The van der Waals surface area contributed by atoms with Crippen LogP contribution in [0.5, 0.6) is 5.75 Å². The van der Waals surface area contributed by atoms with E-state index in [0.29, 0.717) is 0 Å². The quantitative estimate of drug-likeness (QED) is 0.857. The highest BCUT2D eigenvalue weighted by Gasteiger charge is 2.37. The average molecular weight is 338 g/mol. The van der Waals surface area contributed by atoms with Gasteiger partial charge in [0.15, 0.2) is 0 Å². The first-order chi connectivity index (χ1) is 12.0. The van der Waals surface area contributed by atoms with E-state index in [1.54, 1.807) is 7.11 Å². The van der Waals surface area contributed by atoms with Gasteiger partial charge in [0, 0.05) is 37.4 Å². The van der Waals surface area contributed by atoms with E-state index in [4.69, 9.17) is 4.74 Å². The molecule has 132 valence electrons. The number of ether oxygens (including phenoxy) is 1. The smallest absolute Gasteiger partial charge is 0.232 e. The molecule has 0 spiro atoms. The molecule has 0 atom stereocenters. The van der Waals surface area contributed by atoms with Gasteiger partial charge in [0.2, 0.25) is 5.91 Å². The fourth-order valence-electron chi connectivity index (χ4n) is 3.48. The summed E-state index contributed by atoms with van der Waals surface area (Å²) >= 11 is 0. The third-order valence-corrected chi connectivity index (χ3v) is 5.00. The van der Waals surface area contributed by atoms with Gasteiger partial charge >= 0.3 is 0 Å². The summed E-state index contributed by atoms with van der Waals surface area (Å²) < 4.78 is 5.47. The number of hydrogen-bond acceptors (Lipinski definition) is 3. The fourth-order valence-corrected chi connectivity index (χ4v) is 3.48. The number of benzene rings is 2. The van der Waals surface area contributed by atoms with Gasteiger partial charge in [0.25, 0.3) is 0 Å². The van der Waals surface area contributed by atoms with E-state index < -0.39 is 5.41 Å². The Bertz CT molecular complexity index is 720. The molecule has 1 saturated heterocycles. The maximum absolute atomic E-state index is 13.2. The van der Waals surface area contributed by atoms with Crippen molar-refractivity contribution in [2.45, 2.75) is 19.3 Å². The van der Waals surface area contributed by atoms with E-state index in [2.05, 4.69) is 29.2 Å². The van der Waals surface area contributed by atoms with E-state index >= 15 is 0 Å². The molecule has 1 aliphatic heterocycles. The number of hydrogen-bond donors (Lipinski definition) is 0. The Hall–Kier alpha value is -2.49. The molecule has 25 heavy (non-hydrogen) atoms. The Kier molecular flexibility index (Phi) is 4.98. The zero-order chi connectivity index (χ0) is 17.9. The molecular weight excluding hydrogens is 312 g/mol. The lowest BCUT2D eigenvalue weighted by Gasteiger charge is -2.39. The average Bonchev–Trinajstić information content (AvgIpc) is 2.68. The fraction of sp³-hybridized carbons (Fsp3) is 0.381. The predicted molar refractivity (Wildman–Crippen MR) is 101 cm³/mol. The third kappa shape index (κ3) is 3.48. The van der Waals surface area contributed by atoms with E-state index in [1.165, 1.54) is 5.69 Å². The maximum atomic E-state index is 13.2. The molecule has 4 nitrogen and oxygen atoms in total. The molecule has 1 fully saturated rings. The highest BCUT2D eigenvalue weighted by Crippen LogP contribution is 2.33. The lowest BCUT2D eigenvalue weighted by Crippen LogP contribution is -2.53. The first kappa shape index (κ1) is 17.3. The number of rotatable bonds is 4. The zero-order valence-electron chi connectivity index (χ0n) is 15.2. The van der Waals surface area contributed by atoms with E-state index in [-0.39, 0.29) is 5.91 Å². The standard InChI is InChI=1S/C21H26N2O2/c1-21(2,18-11-7-8-12-19(18)25-3)20(24)23-15-13-22(14-16-23)17-9-5-4-6-10-17/h4-12H,13-16H2,1-3H3. The number of carbonyl (C=O) groups excluding carboxylic acids is 1. The summed E-state index contributed by atoms with van der Waals surface area (Å²) in [4.78, 5) is 17.5. The SMILES string of the molecule is COc1ccccc1C(C)(C)C(=O)N1CCN(c2ccccc2)CC1. The summed E-state index contributed by atoms with van der Waals surface area (Å²) in [6, 6.07) is 18.2. The van der Waals surface area contributed by atoms with E-state index in [9.17, 15) is 4.79 Å². The normalized spacial score (nSPS) is 15.2. The number of nitrogens with zero attached hydrogens (tertiary/aromatic N) is 2. The summed E-state index contributed by atoms with van der Waals surface area (Å²) in [5, 5.41) is 0. The first-order valence-electron chi connectivity index (χ1n) is 8.77. The zero-order valence-corrected chi connectivity index (χ0v) is 15.2. The van der Waals surface area contributed by atoms with Crippen LogP contribution in [0, 0.1) is 0 Å². The second-order valence-electron chi connectivity index (χ2n) is 6.94. The Labute approximate surface area is 150 Å². The number of methoxy groups -OCH3 is 1. The Morgan fingerprint density at radius 3 is 2.16 bits per heavy atom. The Morgan fingerprint density at radius 1 is 0.920 bits per heavy atom. The van der Waals surface area contributed by atoms with Crippen molar-refractivity contribution >= 4 is 11.6 Å². The van der Waals surface area contributed by atoms with Crippen molar-refractivity contribution in [3.63, 3.8) is 0 Å². The number of anilines is 1. The summed E-state index contributed by atoms with van der Waals surface area (Å²) in [6.07, 6.45) is 0. The van der Waals surface area contributed by atoms with Crippen LogP contribution in [0.25, 0.3) is 0 Å². The maximum Gasteiger partial charge on any atom is 0.232 e. The molecular formula is C21H26N2O2. The Morgan fingerprint density at radius 2 is 1.52 bits per heavy atom. The second kappa shape index (κ2) is 7.18. The number of para-hydroxylation sites is 2. The second-order valence-corrected chi connectivity index (χ2v) is 6.94. The topological polar surface area (TPSA) is 32.8 Å². The molecule has 2 aromatic carbocycles. The van der Waals surface area contributed by atoms with Crippen LogP contribution in [0.1, 0.15) is 19.4 Å². The van der Waals surface area contributed by atoms with Gasteiger partial charge in [-0.15, -0.1) is 0 Å². The van der Waals surface area contributed by atoms with Crippen molar-refractivity contribution in [3.8, 4) is 5.75 Å². The van der Waals surface area contributed by atoms with Crippen LogP contribution in [-0.2, 0) is 10.2 Å². The minimum atomic E-state index is -0.610. The van der Waals surface area contributed by atoms with Gasteiger partial charge in [0.05, 0.1) is 12.5 Å². The van der Waals surface area contributed by atoms with Crippen LogP contribution in [0.3, 0.4) is 0 Å². The predicted octanol–water partition coefficient (Wildman–Crippen LogP) is 3.32. The molecule has 4 heteroatoms. The summed E-state index contributed by atoms with van der Waals surface area (Å²) in [6.45, 7) is 7.17. The van der Waals surface area contributed by atoms with Crippen LogP contribution >= 0.6 is 0 Å². The van der Waals surface area contributed by atoms with Crippen LogP contribution in [0.2, 0.25) is 0 Å². The minimum Gasteiger partial charge on any atom is -0.496 e. The number of carbonyl (C=O) groups is 1. The van der Waals surface area contributed by atoms with Crippen molar-refractivity contribution in [2.75, 3.05) is 38.2 Å². The van der Waals surface area contributed by atoms with Gasteiger partial charge in [-0.3, -0.25) is 4.79 Å². The summed E-state index contributed by atoms with van der Waals surface area (Å²) in [5.74, 6) is 0.925. The molecule has 0 saturated carbocycles. The molecule has 3 rings (SSSR count). The van der Waals surface area contributed by atoms with Gasteiger partial charge in [-0.25, -0.2) is 0 Å². The molecule has 0 aromatic heterocycles. The van der Waals surface area contributed by atoms with Crippen molar-refractivity contribution in [1.82, 2.24) is 4.90 Å². The van der Waals surface area contributed by atoms with Crippen molar-refractivity contribution in [1.29, 1.82) is 0 Å². The molecule has 0 unspecified atom stereocenters. The lowest BCUT2D eigenvalue weighted by atomic mass is 9.82. The molecule has 0 radical (unpaired) electrons. The van der Waals surface area contributed by atoms with Crippen LogP contribution in [0.4, 0.5) is 5.69 Å². The van der Waals surface area contributed by atoms with Gasteiger partial charge in [0.1, 0.15) is 5.75 Å². The molecule has 1 heterocycles. The van der Waals surface area contributed by atoms with Crippen molar-refractivity contribution < 1.29 is 9.53 Å². The van der Waals surface area contributed by atoms with Crippen LogP contribution < -0.4 is 9.64 Å². The highest BCUT2D eigenvalue weighted by atomic mass is 16.5.